The van der Waals surface area contributed by atoms with Crippen molar-refractivity contribution >= 4 is 29.3 Å². The molecule has 3 amide bonds. The fourth-order valence-corrected chi connectivity index (χ4v) is 4.56. The molecule has 9 heteroatoms. The molecule has 1 N–H and O–H groups in total. The number of nitrogens with zero attached hydrogens (tertiary/aromatic N) is 4. The lowest BCUT2D eigenvalue weighted by Gasteiger charge is -2.38. The number of rotatable bonds is 7. The second-order valence-electron chi connectivity index (χ2n) is 8.88. The van der Waals surface area contributed by atoms with Gasteiger partial charge in [0.05, 0.1) is 13.1 Å². The molecule has 2 aliphatic rings. The quantitative estimate of drug-likeness (QED) is 0.650. The molecule has 2 aliphatic heterocycles. The number of likely N-dealkylation sites (tertiary alicyclic amines) is 1. The second kappa shape index (κ2) is 11.4. The number of piperazine rings is 1. The van der Waals surface area contributed by atoms with Gasteiger partial charge in [-0.25, -0.2) is 0 Å². The van der Waals surface area contributed by atoms with E-state index in [9.17, 15) is 14.4 Å². The minimum absolute atomic E-state index is 0.00183. The van der Waals surface area contributed by atoms with Crippen LogP contribution < -0.4 is 5.32 Å². The van der Waals surface area contributed by atoms with Crippen LogP contribution >= 0.6 is 11.6 Å². The van der Waals surface area contributed by atoms with Crippen LogP contribution in [0.4, 0.5) is 0 Å². The molecule has 1 aromatic carbocycles. The first kappa shape index (κ1) is 24.2. The highest BCUT2D eigenvalue weighted by Crippen LogP contribution is 2.22. The number of carbonyl (C=O) groups excluding carboxylic acids is 3. The molecular formula is C25H30ClN5O3. The molecule has 0 radical (unpaired) electrons. The zero-order valence-electron chi connectivity index (χ0n) is 19.2. The van der Waals surface area contributed by atoms with Gasteiger partial charge in [-0.1, -0.05) is 23.7 Å². The number of aromatic nitrogens is 1. The molecule has 0 atom stereocenters. The largest absolute Gasteiger partial charge is 0.350 e. The number of piperidine rings is 1. The molecule has 0 aliphatic carbocycles. The van der Waals surface area contributed by atoms with E-state index in [1.54, 1.807) is 29.4 Å². The summed E-state index contributed by atoms with van der Waals surface area (Å²) in [6.45, 7) is 3.85. The minimum Gasteiger partial charge on any atom is -0.350 e. The summed E-state index contributed by atoms with van der Waals surface area (Å²) in [6.07, 6.45) is 5.19. The predicted molar refractivity (Wildman–Crippen MR) is 129 cm³/mol. The van der Waals surface area contributed by atoms with E-state index >= 15 is 0 Å². The van der Waals surface area contributed by atoms with E-state index in [2.05, 4.69) is 15.2 Å². The summed E-state index contributed by atoms with van der Waals surface area (Å²) in [7, 11) is 0. The molecule has 0 spiro atoms. The fourth-order valence-electron chi connectivity index (χ4n) is 4.44. The van der Waals surface area contributed by atoms with Crippen molar-refractivity contribution in [3.63, 3.8) is 0 Å². The van der Waals surface area contributed by atoms with E-state index < -0.39 is 0 Å². The first-order valence-corrected chi connectivity index (χ1v) is 12.0. The van der Waals surface area contributed by atoms with Crippen molar-refractivity contribution in [2.24, 2.45) is 5.92 Å². The Labute approximate surface area is 204 Å². The van der Waals surface area contributed by atoms with E-state index in [0.717, 1.165) is 38.0 Å². The number of hydrogen-bond donors (Lipinski definition) is 1. The Kier molecular flexibility index (Phi) is 8.13. The van der Waals surface area contributed by atoms with Gasteiger partial charge in [0, 0.05) is 49.5 Å². The Morgan fingerprint density at radius 2 is 1.68 bits per heavy atom. The Balaban J connectivity index is 1.18. The van der Waals surface area contributed by atoms with Crippen molar-refractivity contribution in [1.29, 1.82) is 0 Å². The lowest BCUT2D eigenvalue weighted by atomic mass is 9.94. The third kappa shape index (κ3) is 6.55. The van der Waals surface area contributed by atoms with Gasteiger partial charge in [0.25, 0.3) is 0 Å². The third-order valence-electron chi connectivity index (χ3n) is 6.46. The van der Waals surface area contributed by atoms with Gasteiger partial charge in [-0.2, -0.15) is 0 Å². The van der Waals surface area contributed by atoms with Gasteiger partial charge in [-0.05, 0) is 61.3 Å². The zero-order chi connectivity index (χ0) is 23.9. The topological polar surface area (TPSA) is 85.9 Å². The van der Waals surface area contributed by atoms with Gasteiger partial charge in [0.1, 0.15) is 0 Å². The maximum absolute atomic E-state index is 13.0. The van der Waals surface area contributed by atoms with E-state index in [1.807, 2.05) is 24.3 Å². The highest BCUT2D eigenvalue weighted by Gasteiger charge is 2.33. The van der Waals surface area contributed by atoms with Gasteiger partial charge in [-0.3, -0.25) is 24.3 Å². The van der Waals surface area contributed by atoms with Crippen LogP contribution in [-0.2, 0) is 27.5 Å². The fraction of sp³-hybridized carbons (Fsp3) is 0.440. The van der Waals surface area contributed by atoms with E-state index in [-0.39, 0.29) is 36.7 Å². The number of carbonyl (C=O) groups is 3. The summed E-state index contributed by atoms with van der Waals surface area (Å²) in [5, 5.41) is 3.47. The zero-order valence-corrected chi connectivity index (χ0v) is 19.9. The highest BCUT2D eigenvalue weighted by atomic mass is 35.5. The van der Waals surface area contributed by atoms with Crippen LogP contribution in [0.25, 0.3) is 0 Å². The highest BCUT2D eigenvalue weighted by molar-refractivity contribution is 6.30. The lowest BCUT2D eigenvalue weighted by molar-refractivity contribution is -0.149. The van der Waals surface area contributed by atoms with Crippen molar-refractivity contribution in [1.82, 2.24) is 25.0 Å². The SMILES string of the molecule is O=C(CN1CCN(C(=O)C2CCN(Cc3ccncc3)CC2)CC1=O)NCc1ccc(Cl)cc1. The van der Waals surface area contributed by atoms with Crippen LogP contribution in [0.2, 0.25) is 5.02 Å². The van der Waals surface area contributed by atoms with Crippen LogP contribution in [0.5, 0.6) is 0 Å². The molecule has 180 valence electrons. The van der Waals surface area contributed by atoms with Gasteiger partial charge in [0.15, 0.2) is 0 Å². The molecule has 2 aromatic rings. The molecule has 4 rings (SSSR count). The van der Waals surface area contributed by atoms with Crippen LogP contribution in [0.1, 0.15) is 24.0 Å². The molecule has 3 heterocycles. The Morgan fingerprint density at radius 3 is 2.35 bits per heavy atom. The average Bonchev–Trinajstić information content (AvgIpc) is 2.85. The minimum atomic E-state index is -0.218. The summed E-state index contributed by atoms with van der Waals surface area (Å²) in [5.41, 5.74) is 2.16. The van der Waals surface area contributed by atoms with Crippen molar-refractivity contribution < 1.29 is 14.4 Å². The predicted octanol–water partition coefficient (Wildman–Crippen LogP) is 1.93. The van der Waals surface area contributed by atoms with Gasteiger partial charge in [-0.15, -0.1) is 0 Å². The van der Waals surface area contributed by atoms with Crippen molar-refractivity contribution in [3.05, 3.63) is 64.9 Å². The number of hydrogen-bond acceptors (Lipinski definition) is 5. The summed E-state index contributed by atoms with van der Waals surface area (Å²) >= 11 is 5.88. The molecule has 0 unspecified atom stereocenters. The van der Waals surface area contributed by atoms with Crippen molar-refractivity contribution in [2.75, 3.05) is 39.3 Å². The normalized spacial score (nSPS) is 17.6. The first-order valence-electron chi connectivity index (χ1n) is 11.7. The van der Waals surface area contributed by atoms with E-state index in [1.165, 1.54) is 10.5 Å². The Morgan fingerprint density at radius 1 is 0.971 bits per heavy atom. The monoisotopic (exact) mass is 483 g/mol. The van der Waals surface area contributed by atoms with Crippen LogP contribution in [0, 0.1) is 5.92 Å². The summed E-state index contributed by atoms with van der Waals surface area (Å²) in [4.78, 5) is 47.5. The van der Waals surface area contributed by atoms with Crippen LogP contribution in [0.3, 0.4) is 0 Å². The molecule has 0 bridgehead atoms. The number of benzene rings is 1. The number of amides is 3. The smallest absolute Gasteiger partial charge is 0.242 e. The first-order chi connectivity index (χ1) is 16.5. The Hall–Kier alpha value is -2.97. The molecule has 8 nitrogen and oxygen atoms in total. The van der Waals surface area contributed by atoms with Crippen LogP contribution in [-0.4, -0.2) is 76.7 Å². The van der Waals surface area contributed by atoms with Crippen molar-refractivity contribution in [2.45, 2.75) is 25.9 Å². The lowest BCUT2D eigenvalue weighted by Crippen LogP contribution is -2.56. The number of nitrogens with one attached hydrogen (secondary N) is 1. The number of pyridine rings is 1. The van der Waals surface area contributed by atoms with E-state index in [0.29, 0.717) is 24.7 Å². The maximum atomic E-state index is 13.0. The van der Waals surface area contributed by atoms with Crippen molar-refractivity contribution in [3.8, 4) is 0 Å². The standard InChI is InChI=1S/C25H30ClN5O3/c26-22-3-1-19(2-4-22)15-28-23(32)17-30-13-14-31(18-24(30)33)25(34)21-7-11-29(12-8-21)16-20-5-9-27-10-6-20/h1-6,9-10,21H,7-8,11-18H2,(H,28,32). The van der Waals surface area contributed by atoms with Gasteiger partial charge in [0.2, 0.25) is 17.7 Å². The summed E-state index contributed by atoms with van der Waals surface area (Å²) in [5.74, 6) is -0.388. The molecule has 1 aromatic heterocycles. The molecule has 34 heavy (non-hydrogen) atoms. The average molecular weight is 484 g/mol. The second-order valence-corrected chi connectivity index (χ2v) is 9.32. The van der Waals surface area contributed by atoms with Gasteiger partial charge < -0.3 is 15.1 Å². The molecular weight excluding hydrogens is 454 g/mol. The Bertz CT molecular complexity index is 993. The number of halogens is 1. The molecule has 2 saturated heterocycles. The third-order valence-corrected chi connectivity index (χ3v) is 6.71. The molecule has 0 saturated carbocycles. The van der Waals surface area contributed by atoms with E-state index in [4.69, 9.17) is 11.6 Å². The maximum Gasteiger partial charge on any atom is 0.242 e. The molecule has 2 fully saturated rings. The van der Waals surface area contributed by atoms with Crippen LogP contribution in [0.15, 0.2) is 48.8 Å². The summed E-state index contributed by atoms with van der Waals surface area (Å²) in [6, 6.07) is 11.3. The van der Waals surface area contributed by atoms with Gasteiger partial charge >= 0.3 is 0 Å². The summed E-state index contributed by atoms with van der Waals surface area (Å²) < 4.78 is 0.